The third kappa shape index (κ3) is 5.28. The summed E-state index contributed by atoms with van der Waals surface area (Å²) in [5.74, 6) is 0.425. The van der Waals surface area contributed by atoms with E-state index in [1.165, 1.54) is 5.56 Å². The van der Waals surface area contributed by atoms with Crippen molar-refractivity contribution in [3.05, 3.63) is 34.9 Å². The molecule has 19 heavy (non-hydrogen) atoms. The van der Waals surface area contributed by atoms with Gasteiger partial charge in [0.25, 0.3) is 0 Å². The zero-order valence-corrected chi connectivity index (χ0v) is 12.1. The molecule has 0 bridgehead atoms. The summed E-state index contributed by atoms with van der Waals surface area (Å²) in [6, 6.07) is 6.33. The van der Waals surface area contributed by atoms with Crippen LogP contribution < -0.4 is 0 Å². The summed E-state index contributed by atoms with van der Waals surface area (Å²) in [6.45, 7) is 7.92. The minimum Gasteiger partial charge on any atom is -0.252 e. The molecule has 0 aliphatic carbocycles. The molecule has 0 heterocycles. The molecule has 2 N–H and O–H groups in total. The molecule has 2 unspecified atom stereocenters. The average Bonchev–Trinajstić information content (AvgIpc) is 2.37. The molecule has 4 heteroatoms. The van der Waals surface area contributed by atoms with Gasteiger partial charge in [0.2, 0.25) is 0 Å². The topological polar surface area (TPSA) is 58.9 Å². The Morgan fingerprint density at radius 1 is 0.842 bits per heavy atom. The van der Waals surface area contributed by atoms with Crippen LogP contribution in [-0.4, -0.2) is 22.7 Å². The summed E-state index contributed by atoms with van der Waals surface area (Å²) in [5.41, 5.74) is 3.48. The molecule has 1 aromatic rings. The Morgan fingerprint density at radius 3 is 1.58 bits per heavy atom. The summed E-state index contributed by atoms with van der Waals surface area (Å²) < 4.78 is 0. The second kappa shape index (κ2) is 7.60. The fourth-order valence-corrected chi connectivity index (χ4v) is 2.10. The molecule has 0 spiro atoms. The van der Waals surface area contributed by atoms with Gasteiger partial charge in [-0.05, 0) is 36.5 Å². The highest BCUT2D eigenvalue weighted by Crippen LogP contribution is 2.21. The number of rotatable bonds is 7. The Balaban J connectivity index is 2.96. The monoisotopic (exact) mass is 268 g/mol. The van der Waals surface area contributed by atoms with Crippen molar-refractivity contribution in [2.45, 2.75) is 58.7 Å². The minimum atomic E-state index is -0.234. The van der Waals surface area contributed by atoms with Gasteiger partial charge in [0.15, 0.2) is 0 Å². The highest BCUT2D eigenvalue weighted by atomic mass is 17.1. The van der Waals surface area contributed by atoms with Crippen LogP contribution in [0.3, 0.4) is 0 Å². The molecule has 0 saturated heterocycles. The van der Waals surface area contributed by atoms with Gasteiger partial charge in [0, 0.05) is 12.8 Å². The Morgan fingerprint density at radius 2 is 1.26 bits per heavy atom. The van der Waals surface area contributed by atoms with Crippen LogP contribution in [0.25, 0.3) is 0 Å². The average molecular weight is 268 g/mol. The molecule has 0 radical (unpaired) electrons. The van der Waals surface area contributed by atoms with E-state index < -0.39 is 0 Å². The van der Waals surface area contributed by atoms with E-state index in [0.29, 0.717) is 18.8 Å². The molecule has 2 atom stereocenters. The second-order valence-corrected chi connectivity index (χ2v) is 5.48. The molecular formula is C15H24O4. The SMILES string of the molecule is CC(Cc1cc(CC(C)OO)cc(C(C)C)c1)OO. The van der Waals surface area contributed by atoms with Gasteiger partial charge in [-0.1, -0.05) is 32.0 Å². The molecule has 0 aromatic heterocycles. The molecular weight excluding hydrogens is 244 g/mol. The largest absolute Gasteiger partial charge is 0.252 e. The van der Waals surface area contributed by atoms with Crippen molar-refractivity contribution >= 4 is 0 Å². The van der Waals surface area contributed by atoms with Crippen molar-refractivity contribution in [2.24, 2.45) is 0 Å². The number of benzene rings is 1. The van der Waals surface area contributed by atoms with Crippen molar-refractivity contribution in [2.75, 3.05) is 0 Å². The van der Waals surface area contributed by atoms with Gasteiger partial charge >= 0.3 is 0 Å². The Labute approximate surface area is 114 Å². The lowest BCUT2D eigenvalue weighted by Crippen LogP contribution is -2.12. The van der Waals surface area contributed by atoms with Crippen molar-refractivity contribution < 1.29 is 20.3 Å². The molecule has 108 valence electrons. The Hall–Kier alpha value is -0.940. The van der Waals surface area contributed by atoms with Gasteiger partial charge in [-0.25, -0.2) is 9.78 Å². The van der Waals surface area contributed by atoms with Crippen LogP contribution in [0.1, 0.15) is 50.3 Å². The van der Waals surface area contributed by atoms with Crippen LogP contribution in [0.2, 0.25) is 0 Å². The second-order valence-electron chi connectivity index (χ2n) is 5.48. The maximum Gasteiger partial charge on any atom is 0.0939 e. The summed E-state index contributed by atoms with van der Waals surface area (Å²) >= 11 is 0. The third-order valence-corrected chi connectivity index (χ3v) is 3.15. The molecule has 1 aromatic carbocycles. The summed E-state index contributed by atoms with van der Waals surface area (Å²) in [4.78, 5) is 8.66. The van der Waals surface area contributed by atoms with E-state index >= 15 is 0 Å². The van der Waals surface area contributed by atoms with E-state index in [1.54, 1.807) is 0 Å². The lowest BCUT2D eigenvalue weighted by atomic mass is 9.94. The highest BCUT2D eigenvalue weighted by Gasteiger charge is 2.10. The molecule has 0 amide bonds. The normalized spacial score (nSPS) is 14.7. The zero-order chi connectivity index (χ0) is 14.4. The standard InChI is InChI=1S/C15H24O4/c1-10(2)15-8-13(5-11(3)18-16)7-14(9-15)6-12(4)19-17/h7-12,16-17H,5-6H2,1-4H3. The molecule has 0 aliphatic rings. The minimum absolute atomic E-state index is 0.234. The summed E-state index contributed by atoms with van der Waals surface area (Å²) in [6.07, 6.45) is 0.833. The Kier molecular flexibility index (Phi) is 6.45. The number of hydrogen-bond donors (Lipinski definition) is 2. The fraction of sp³-hybridized carbons (Fsp3) is 0.600. The predicted molar refractivity (Wildman–Crippen MR) is 74.3 cm³/mol. The van der Waals surface area contributed by atoms with Crippen LogP contribution in [0.4, 0.5) is 0 Å². The van der Waals surface area contributed by atoms with Gasteiger partial charge in [0.05, 0.1) is 12.2 Å². The molecule has 1 rings (SSSR count). The van der Waals surface area contributed by atoms with E-state index in [9.17, 15) is 0 Å². The van der Waals surface area contributed by atoms with E-state index in [1.807, 2.05) is 13.8 Å². The van der Waals surface area contributed by atoms with Crippen molar-refractivity contribution in [3.8, 4) is 0 Å². The predicted octanol–water partition coefficient (Wildman–Crippen LogP) is 3.65. The molecule has 0 aliphatic heterocycles. The first-order chi connectivity index (χ1) is 8.96. The van der Waals surface area contributed by atoms with Crippen molar-refractivity contribution in [1.29, 1.82) is 0 Å². The van der Waals surface area contributed by atoms with Gasteiger partial charge < -0.3 is 0 Å². The molecule has 4 nitrogen and oxygen atoms in total. The van der Waals surface area contributed by atoms with Crippen LogP contribution in [0.5, 0.6) is 0 Å². The van der Waals surface area contributed by atoms with Gasteiger partial charge in [-0.3, -0.25) is 10.5 Å². The van der Waals surface area contributed by atoms with Crippen LogP contribution in [0.15, 0.2) is 18.2 Å². The maximum absolute atomic E-state index is 8.67. The summed E-state index contributed by atoms with van der Waals surface area (Å²) in [7, 11) is 0. The zero-order valence-electron chi connectivity index (χ0n) is 12.1. The highest BCUT2D eigenvalue weighted by molar-refractivity contribution is 5.32. The van der Waals surface area contributed by atoms with Gasteiger partial charge in [-0.2, -0.15) is 0 Å². The van der Waals surface area contributed by atoms with Gasteiger partial charge in [-0.15, -0.1) is 0 Å². The van der Waals surface area contributed by atoms with E-state index in [2.05, 4.69) is 41.8 Å². The number of hydrogen-bond acceptors (Lipinski definition) is 4. The lowest BCUT2D eigenvalue weighted by molar-refractivity contribution is -0.273. The van der Waals surface area contributed by atoms with Crippen molar-refractivity contribution in [3.63, 3.8) is 0 Å². The van der Waals surface area contributed by atoms with Crippen LogP contribution in [-0.2, 0) is 22.6 Å². The Bertz CT molecular complexity index is 359. The first kappa shape index (κ1) is 16.1. The summed E-state index contributed by atoms with van der Waals surface area (Å²) in [5, 5.41) is 17.3. The van der Waals surface area contributed by atoms with E-state index in [4.69, 9.17) is 10.5 Å². The molecule has 0 saturated carbocycles. The van der Waals surface area contributed by atoms with Crippen molar-refractivity contribution in [1.82, 2.24) is 0 Å². The van der Waals surface area contributed by atoms with Crippen LogP contribution in [0, 0.1) is 0 Å². The first-order valence-electron chi connectivity index (χ1n) is 6.69. The van der Waals surface area contributed by atoms with E-state index in [0.717, 1.165) is 11.1 Å². The fourth-order valence-electron chi connectivity index (χ4n) is 2.10. The first-order valence-corrected chi connectivity index (χ1v) is 6.69. The molecule has 0 fully saturated rings. The van der Waals surface area contributed by atoms with E-state index in [-0.39, 0.29) is 12.2 Å². The quantitative estimate of drug-likeness (QED) is 0.585. The maximum atomic E-state index is 8.67. The van der Waals surface area contributed by atoms with Crippen LogP contribution >= 0.6 is 0 Å². The van der Waals surface area contributed by atoms with Gasteiger partial charge in [0.1, 0.15) is 0 Å². The lowest BCUT2D eigenvalue weighted by Gasteiger charge is -2.15. The third-order valence-electron chi connectivity index (χ3n) is 3.15. The smallest absolute Gasteiger partial charge is 0.0939 e.